The summed E-state index contributed by atoms with van der Waals surface area (Å²) in [6.45, 7) is 8.48. The van der Waals surface area contributed by atoms with Crippen LogP contribution in [0.2, 0.25) is 0 Å². The van der Waals surface area contributed by atoms with Crippen molar-refractivity contribution in [3.8, 4) is 0 Å². The Morgan fingerprint density at radius 1 is 0.632 bits per heavy atom. The summed E-state index contributed by atoms with van der Waals surface area (Å²) in [4.78, 5) is 0. The minimum Gasteiger partial charge on any atom is -0.0683 e. The molecule has 0 aromatic heterocycles. The third-order valence-electron chi connectivity index (χ3n) is 3.40. The molecule has 0 saturated heterocycles. The van der Waals surface area contributed by atoms with E-state index in [4.69, 9.17) is 0 Å². The average molecular weight is 250 g/mol. The molecule has 98 valence electrons. The number of fused-ring (bicyclic) bond motifs is 2. The molecule has 0 radical (unpaired) electrons. The summed E-state index contributed by atoms with van der Waals surface area (Å²) >= 11 is 0. The van der Waals surface area contributed by atoms with Crippen LogP contribution in [0.4, 0.5) is 0 Å². The Bertz CT molecular complexity index is 678. The molecule has 0 unspecified atom stereocenters. The van der Waals surface area contributed by atoms with Crippen molar-refractivity contribution in [1.29, 1.82) is 0 Å². The van der Waals surface area contributed by atoms with Gasteiger partial charge < -0.3 is 0 Å². The molecule has 0 atom stereocenters. The number of benzene rings is 3. The van der Waals surface area contributed by atoms with Crippen LogP contribution in [-0.4, -0.2) is 0 Å². The maximum atomic E-state index is 2.31. The van der Waals surface area contributed by atoms with Gasteiger partial charge in [0.05, 0.1) is 0 Å². The predicted octanol–water partition coefficient (Wildman–Crippen LogP) is 6.14. The van der Waals surface area contributed by atoms with Gasteiger partial charge in [0, 0.05) is 0 Å². The van der Waals surface area contributed by atoms with Gasteiger partial charge in [-0.1, -0.05) is 70.2 Å². The summed E-state index contributed by atoms with van der Waals surface area (Å²) in [5, 5.41) is 5.31. The molecule has 0 heteroatoms. The van der Waals surface area contributed by atoms with Gasteiger partial charge in [0.15, 0.2) is 0 Å². The molecule has 0 aliphatic rings. The topological polar surface area (TPSA) is 0 Å². The Hall–Kier alpha value is -1.82. The van der Waals surface area contributed by atoms with Crippen LogP contribution in [0.1, 0.15) is 39.2 Å². The third kappa shape index (κ3) is 2.78. The van der Waals surface area contributed by atoms with Crippen molar-refractivity contribution in [2.75, 3.05) is 0 Å². The maximum Gasteiger partial charge on any atom is -0.0175 e. The lowest BCUT2D eigenvalue weighted by Gasteiger charge is -2.08. The second-order valence-electron chi connectivity index (χ2n) is 4.96. The van der Waals surface area contributed by atoms with Crippen molar-refractivity contribution < 1.29 is 0 Å². The van der Waals surface area contributed by atoms with E-state index in [9.17, 15) is 0 Å². The summed E-state index contributed by atoms with van der Waals surface area (Å²) in [6, 6.07) is 19.9. The maximum absolute atomic E-state index is 2.31. The van der Waals surface area contributed by atoms with E-state index in [1.54, 1.807) is 0 Å². The van der Waals surface area contributed by atoms with Crippen molar-refractivity contribution in [3.05, 3.63) is 60.2 Å². The Morgan fingerprint density at radius 2 is 1.16 bits per heavy atom. The van der Waals surface area contributed by atoms with Crippen molar-refractivity contribution >= 4 is 21.5 Å². The first-order chi connectivity index (χ1) is 9.24. The normalized spacial score (nSPS) is 10.6. The standard InChI is InChI=1S/C17H16.C2H6/c1-12(2)13-7-8-16-10-14-5-3-4-6-15(14)11-17(16)9-13;1-2/h3-12H,1-2H3;1-2H3. The lowest BCUT2D eigenvalue weighted by molar-refractivity contribution is 0.869. The fourth-order valence-corrected chi connectivity index (χ4v) is 2.32. The Kier molecular flexibility index (Phi) is 4.21. The fourth-order valence-electron chi connectivity index (χ4n) is 2.32. The van der Waals surface area contributed by atoms with E-state index in [1.165, 1.54) is 27.1 Å². The highest BCUT2D eigenvalue weighted by Crippen LogP contribution is 2.26. The zero-order valence-electron chi connectivity index (χ0n) is 12.3. The van der Waals surface area contributed by atoms with Gasteiger partial charge in [-0.25, -0.2) is 0 Å². The monoisotopic (exact) mass is 250 g/mol. The van der Waals surface area contributed by atoms with Gasteiger partial charge in [0.25, 0.3) is 0 Å². The minimum atomic E-state index is 0.589. The number of hydrogen-bond donors (Lipinski definition) is 0. The fraction of sp³-hybridized carbons (Fsp3) is 0.263. The first-order valence-electron chi connectivity index (χ1n) is 7.16. The van der Waals surface area contributed by atoms with Gasteiger partial charge in [-0.05, 0) is 45.2 Å². The van der Waals surface area contributed by atoms with Crippen molar-refractivity contribution in [3.63, 3.8) is 0 Å². The molecule has 0 N–H and O–H groups in total. The Labute approximate surface area is 116 Å². The van der Waals surface area contributed by atoms with Crippen LogP contribution < -0.4 is 0 Å². The highest BCUT2D eigenvalue weighted by Gasteiger charge is 2.02. The molecular formula is C19H22. The predicted molar refractivity (Wildman–Crippen MR) is 86.9 cm³/mol. The highest BCUT2D eigenvalue weighted by molar-refractivity contribution is 5.98. The summed E-state index contributed by atoms with van der Waals surface area (Å²) < 4.78 is 0. The molecule has 19 heavy (non-hydrogen) atoms. The average Bonchev–Trinajstić information content (AvgIpc) is 2.46. The summed E-state index contributed by atoms with van der Waals surface area (Å²) in [6.07, 6.45) is 0. The third-order valence-corrected chi connectivity index (χ3v) is 3.40. The van der Waals surface area contributed by atoms with Crippen LogP contribution in [-0.2, 0) is 0 Å². The SMILES string of the molecule is CC.CC(C)c1ccc2cc3ccccc3cc2c1. The molecular weight excluding hydrogens is 228 g/mol. The molecule has 3 aromatic carbocycles. The van der Waals surface area contributed by atoms with E-state index in [2.05, 4.69) is 68.4 Å². The Morgan fingerprint density at radius 3 is 1.74 bits per heavy atom. The molecule has 0 nitrogen and oxygen atoms in total. The molecule has 0 aliphatic heterocycles. The summed E-state index contributed by atoms with van der Waals surface area (Å²) in [5.41, 5.74) is 1.41. The smallest absolute Gasteiger partial charge is 0.0175 e. The van der Waals surface area contributed by atoms with E-state index in [0.717, 1.165) is 0 Å². The quantitative estimate of drug-likeness (QED) is 0.455. The molecule has 0 spiro atoms. The Balaban J connectivity index is 0.000000637. The van der Waals surface area contributed by atoms with Gasteiger partial charge in [0.1, 0.15) is 0 Å². The van der Waals surface area contributed by atoms with Crippen molar-refractivity contribution in [2.24, 2.45) is 0 Å². The van der Waals surface area contributed by atoms with Crippen LogP contribution in [0.25, 0.3) is 21.5 Å². The van der Waals surface area contributed by atoms with Crippen LogP contribution in [0.3, 0.4) is 0 Å². The van der Waals surface area contributed by atoms with E-state index in [1.807, 2.05) is 13.8 Å². The molecule has 0 saturated carbocycles. The second-order valence-corrected chi connectivity index (χ2v) is 4.96. The van der Waals surface area contributed by atoms with E-state index in [-0.39, 0.29) is 0 Å². The lowest BCUT2D eigenvalue weighted by Crippen LogP contribution is -1.86. The van der Waals surface area contributed by atoms with Gasteiger partial charge in [-0.15, -0.1) is 0 Å². The number of hydrogen-bond acceptors (Lipinski definition) is 0. The van der Waals surface area contributed by atoms with Crippen molar-refractivity contribution in [1.82, 2.24) is 0 Å². The van der Waals surface area contributed by atoms with Crippen LogP contribution in [0, 0.1) is 0 Å². The molecule has 0 bridgehead atoms. The van der Waals surface area contributed by atoms with Crippen molar-refractivity contribution in [2.45, 2.75) is 33.6 Å². The minimum absolute atomic E-state index is 0.589. The van der Waals surface area contributed by atoms with Gasteiger partial charge >= 0.3 is 0 Å². The first-order valence-corrected chi connectivity index (χ1v) is 7.16. The van der Waals surface area contributed by atoms with E-state index in [0.29, 0.717) is 5.92 Å². The lowest BCUT2D eigenvalue weighted by atomic mass is 9.97. The van der Waals surface area contributed by atoms with Crippen LogP contribution in [0.5, 0.6) is 0 Å². The van der Waals surface area contributed by atoms with Crippen LogP contribution in [0.15, 0.2) is 54.6 Å². The zero-order valence-corrected chi connectivity index (χ0v) is 12.3. The molecule has 0 heterocycles. The summed E-state index contributed by atoms with van der Waals surface area (Å²) in [5.74, 6) is 0.589. The highest BCUT2D eigenvalue weighted by atomic mass is 14.1. The molecule has 0 amide bonds. The molecule has 0 fully saturated rings. The molecule has 3 aromatic rings. The van der Waals surface area contributed by atoms with E-state index >= 15 is 0 Å². The van der Waals surface area contributed by atoms with Gasteiger partial charge in [-0.2, -0.15) is 0 Å². The van der Waals surface area contributed by atoms with Gasteiger partial charge in [-0.3, -0.25) is 0 Å². The number of rotatable bonds is 1. The first kappa shape index (κ1) is 13.6. The van der Waals surface area contributed by atoms with E-state index < -0.39 is 0 Å². The summed E-state index contributed by atoms with van der Waals surface area (Å²) in [7, 11) is 0. The zero-order chi connectivity index (χ0) is 13.8. The second kappa shape index (κ2) is 5.88. The van der Waals surface area contributed by atoms with Gasteiger partial charge in [0.2, 0.25) is 0 Å². The molecule has 0 aliphatic carbocycles. The largest absolute Gasteiger partial charge is 0.0683 e. The molecule has 3 rings (SSSR count). The van der Waals surface area contributed by atoms with Crippen LogP contribution >= 0.6 is 0 Å².